The molecule has 1 saturated carbocycles. The molecule has 0 saturated heterocycles. The van der Waals surface area contributed by atoms with Crippen LogP contribution < -0.4 is 5.32 Å². The maximum Gasteiger partial charge on any atom is 0.115 e. The number of nitrogens with one attached hydrogen (secondary N) is 1. The summed E-state index contributed by atoms with van der Waals surface area (Å²) in [6.07, 6.45) is 4.35. The molecular formula is C14H21ClN2S. The summed E-state index contributed by atoms with van der Waals surface area (Å²) in [6.45, 7) is 4.68. The van der Waals surface area contributed by atoms with Gasteiger partial charge >= 0.3 is 0 Å². The number of pyridine rings is 1. The van der Waals surface area contributed by atoms with Crippen LogP contribution in [0.15, 0.2) is 23.4 Å². The van der Waals surface area contributed by atoms with Crippen molar-refractivity contribution in [2.24, 2.45) is 11.8 Å². The number of hydrogen-bond donors (Lipinski definition) is 1. The molecule has 1 N–H and O–H groups in total. The van der Waals surface area contributed by atoms with Crippen LogP contribution in [0.2, 0.25) is 5.02 Å². The molecule has 1 aromatic heterocycles. The summed E-state index contributed by atoms with van der Waals surface area (Å²) in [6, 6.07) is 4.35. The fraction of sp³-hybridized carbons (Fsp3) is 0.643. The third kappa shape index (κ3) is 3.19. The molecule has 1 fully saturated rings. The van der Waals surface area contributed by atoms with E-state index in [0.29, 0.717) is 17.2 Å². The van der Waals surface area contributed by atoms with E-state index in [9.17, 15) is 0 Å². The molecule has 1 aliphatic carbocycles. The lowest BCUT2D eigenvalue weighted by atomic mass is 9.80. The van der Waals surface area contributed by atoms with Crippen LogP contribution in [0.3, 0.4) is 0 Å². The zero-order valence-electron chi connectivity index (χ0n) is 11.2. The maximum atomic E-state index is 6.21. The van der Waals surface area contributed by atoms with Crippen LogP contribution in [0.25, 0.3) is 0 Å². The first-order valence-electron chi connectivity index (χ1n) is 6.56. The first-order valence-corrected chi connectivity index (χ1v) is 7.82. The predicted molar refractivity (Wildman–Crippen MR) is 79.3 cm³/mol. The van der Waals surface area contributed by atoms with E-state index < -0.39 is 0 Å². The molecule has 1 aliphatic rings. The fourth-order valence-corrected chi connectivity index (χ4v) is 4.47. The summed E-state index contributed by atoms with van der Waals surface area (Å²) >= 11 is 8.04. The highest BCUT2D eigenvalue weighted by atomic mass is 35.5. The van der Waals surface area contributed by atoms with Crippen LogP contribution in [0.1, 0.15) is 26.7 Å². The SMILES string of the molecule is CNC1CC(C)CC(C)C1Sc1ncccc1Cl. The second kappa shape index (κ2) is 6.27. The Morgan fingerprint density at radius 2 is 2.17 bits per heavy atom. The van der Waals surface area contributed by atoms with Crippen LogP contribution in [0.5, 0.6) is 0 Å². The van der Waals surface area contributed by atoms with Gasteiger partial charge in [0.2, 0.25) is 0 Å². The maximum absolute atomic E-state index is 6.21. The van der Waals surface area contributed by atoms with E-state index >= 15 is 0 Å². The Morgan fingerprint density at radius 3 is 2.83 bits per heavy atom. The molecule has 100 valence electrons. The number of rotatable bonds is 3. The van der Waals surface area contributed by atoms with E-state index in [-0.39, 0.29) is 0 Å². The topological polar surface area (TPSA) is 24.9 Å². The Labute approximate surface area is 119 Å². The summed E-state index contributed by atoms with van der Waals surface area (Å²) in [5.74, 6) is 1.49. The Kier molecular flexibility index (Phi) is 4.93. The van der Waals surface area contributed by atoms with Gasteiger partial charge in [0.05, 0.1) is 5.02 Å². The van der Waals surface area contributed by atoms with Gasteiger partial charge in [-0.15, -0.1) is 0 Å². The van der Waals surface area contributed by atoms with Crippen LogP contribution in [-0.4, -0.2) is 23.3 Å². The van der Waals surface area contributed by atoms with Crippen molar-refractivity contribution in [1.29, 1.82) is 0 Å². The number of hydrogen-bond acceptors (Lipinski definition) is 3. The van der Waals surface area contributed by atoms with Gasteiger partial charge in [-0.25, -0.2) is 4.98 Å². The molecule has 18 heavy (non-hydrogen) atoms. The van der Waals surface area contributed by atoms with E-state index in [2.05, 4.69) is 31.2 Å². The van der Waals surface area contributed by atoms with Crippen molar-refractivity contribution in [2.75, 3.05) is 7.05 Å². The highest BCUT2D eigenvalue weighted by Crippen LogP contribution is 2.40. The largest absolute Gasteiger partial charge is 0.316 e. The van der Waals surface area contributed by atoms with Crippen molar-refractivity contribution in [2.45, 2.75) is 43.0 Å². The number of nitrogens with zero attached hydrogens (tertiary/aromatic N) is 1. The Morgan fingerprint density at radius 1 is 1.39 bits per heavy atom. The van der Waals surface area contributed by atoms with Crippen LogP contribution in [0, 0.1) is 11.8 Å². The van der Waals surface area contributed by atoms with Crippen molar-refractivity contribution in [1.82, 2.24) is 10.3 Å². The Balaban J connectivity index is 2.13. The molecule has 1 heterocycles. The second-order valence-corrected chi connectivity index (χ2v) is 6.90. The van der Waals surface area contributed by atoms with Crippen molar-refractivity contribution in [3.63, 3.8) is 0 Å². The van der Waals surface area contributed by atoms with Gasteiger partial charge in [-0.05, 0) is 43.9 Å². The van der Waals surface area contributed by atoms with E-state index in [1.54, 1.807) is 0 Å². The monoisotopic (exact) mass is 284 g/mol. The van der Waals surface area contributed by atoms with Gasteiger partial charge in [-0.1, -0.05) is 37.2 Å². The average molecular weight is 285 g/mol. The summed E-state index contributed by atoms with van der Waals surface area (Å²) in [7, 11) is 2.06. The number of aromatic nitrogens is 1. The van der Waals surface area contributed by atoms with Gasteiger partial charge < -0.3 is 5.32 Å². The molecule has 0 radical (unpaired) electrons. The predicted octanol–water partition coefficient (Wildman–Crippen LogP) is 3.85. The summed E-state index contributed by atoms with van der Waals surface area (Å²) in [5.41, 5.74) is 0. The minimum atomic E-state index is 0.548. The molecule has 2 rings (SSSR count). The quantitative estimate of drug-likeness (QED) is 0.913. The van der Waals surface area contributed by atoms with Gasteiger partial charge in [-0.3, -0.25) is 0 Å². The van der Waals surface area contributed by atoms with E-state index in [4.69, 9.17) is 11.6 Å². The highest BCUT2D eigenvalue weighted by molar-refractivity contribution is 8.00. The van der Waals surface area contributed by atoms with Gasteiger partial charge in [0.1, 0.15) is 5.03 Å². The molecule has 2 nitrogen and oxygen atoms in total. The van der Waals surface area contributed by atoms with Crippen LogP contribution >= 0.6 is 23.4 Å². The van der Waals surface area contributed by atoms with E-state index in [0.717, 1.165) is 16.0 Å². The average Bonchev–Trinajstić information content (AvgIpc) is 2.34. The molecule has 1 aromatic rings. The lowest BCUT2D eigenvalue weighted by Gasteiger charge is -2.39. The standard InChI is InChI=1S/C14H21ClN2S/c1-9-7-10(2)13(12(8-9)16-3)18-14-11(15)5-4-6-17-14/h4-6,9-10,12-13,16H,7-8H2,1-3H3. The molecule has 0 spiro atoms. The first-order chi connectivity index (χ1) is 8.61. The second-order valence-electron chi connectivity index (χ2n) is 5.32. The minimum Gasteiger partial charge on any atom is -0.316 e. The van der Waals surface area contributed by atoms with Gasteiger partial charge in [-0.2, -0.15) is 0 Å². The lowest BCUT2D eigenvalue weighted by Crippen LogP contribution is -2.44. The van der Waals surface area contributed by atoms with Crippen molar-refractivity contribution >= 4 is 23.4 Å². The summed E-state index contributed by atoms with van der Waals surface area (Å²) in [4.78, 5) is 4.40. The molecule has 0 bridgehead atoms. The molecule has 4 atom stereocenters. The highest BCUT2D eigenvalue weighted by Gasteiger charge is 2.34. The third-order valence-electron chi connectivity index (χ3n) is 3.73. The lowest BCUT2D eigenvalue weighted by molar-refractivity contribution is 0.257. The van der Waals surface area contributed by atoms with Crippen molar-refractivity contribution in [3.8, 4) is 0 Å². The molecule has 0 amide bonds. The molecular weight excluding hydrogens is 264 g/mol. The van der Waals surface area contributed by atoms with Gasteiger partial charge in [0, 0.05) is 17.5 Å². The molecule has 0 aliphatic heterocycles. The first kappa shape index (κ1) is 14.2. The van der Waals surface area contributed by atoms with Crippen molar-refractivity contribution < 1.29 is 0 Å². The van der Waals surface area contributed by atoms with Crippen molar-refractivity contribution in [3.05, 3.63) is 23.4 Å². The number of halogens is 1. The summed E-state index contributed by atoms with van der Waals surface area (Å²) in [5, 5.41) is 5.75. The van der Waals surface area contributed by atoms with Crippen LogP contribution in [-0.2, 0) is 0 Å². The molecule has 0 aromatic carbocycles. The molecule has 4 heteroatoms. The third-order valence-corrected chi connectivity index (χ3v) is 5.76. The number of thioether (sulfide) groups is 1. The Hall–Kier alpha value is -0.250. The van der Waals surface area contributed by atoms with Gasteiger partial charge in [0.25, 0.3) is 0 Å². The van der Waals surface area contributed by atoms with E-state index in [1.165, 1.54) is 12.8 Å². The smallest absolute Gasteiger partial charge is 0.115 e. The minimum absolute atomic E-state index is 0.548. The normalized spacial score (nSPS) is 32.4. The fourth-order valence-electron chi connectivity index (χ4n) is 2.90. The van der Waals surface area contributed by atoms with Crippen LogP contribution in [0.4, 0.5) is 0 Å². The Bertz CT molecular complexity index is 399. The zero-order chi connectivity index (χ0) is 13.1. The summed E-state index contributed by atoms with van der Waals surface area (Å²) < 4.78 is 0. The zero-order valence-corrected chi connectivity index (χ0v) is 12.8. The van der Waals surface area contributed by atoms with Gasteiger partial charge in [0.15, 0.2) is 0 Å². The molecule has 4 unspecified atom stereocenters. The van der Waals surface area contributed by atoms with E-state index in [1.807, 2.05) is 30.1 Å².